The molecule has 1 atom stereocenters. The summed E-state index contributed by atoms with van der Waals surface area (Å²) in [6.45, 7) is 1.72. The van der Waals surface area contributed by atoms with Crippen LogP contribution in [0.3, 0.4) is 0 Å². The van der Waals surface area contributed by atoms with Crippen molar-refractivity contribution in [2.45, 2.75) is 25.4 Å². The highest BCUT2D eigenvalue weighted by Crippen LogP contribution is 2.32. The highest BCUT2D eigenvalue weighted by Gasteiger charge is 2.30. The average Bonchev–Trinajstić information content (AvgIpc) is 3.09. The van der Waals surface area contributed by atoms with E-state index in [2.05, 4.69) is 10.3 Å². The van der Waals surface area contributed by atoms with E-state index in [0.29, 0.717) is 6.04 Å². The Bertz CT molecular complexity index is 285. The van der Waals surface area contributed by atoms with Crippen LogP contribution in [0.4, 0.5) is 0 Å². The molecule has 15 heavy (non-hydrogen) atoms. The summed E-state index contributed by atoms with van der Waals surface area (Å²) in [5.41, 5.74) is 1.28. The van der Waals surface area contributed by atoms with Crippen LogP contribution in [0.1, 0.15) is 18.4 Å². The van der Waals surface area contributed by atoms with Gasteiger partial charge in [-0.3, -0.25) is 4.98 Å². The Balaban J connectivity index is 1.80. The van der Waals surface area contributed by atoms with Crippen molar-refractivity contribution >= 4 is 0 Å². The van der Waals surface area contributed by atoms with Crippen LogP contribution < -0.4 is 5.32 Å². The third-order valence-electron chi connectivity index (χ3n) is 2.86. The molecule has 0 amide bonds. The minimum atomic E-state index is 0.517. The van der Waals surface area contributed by atoms with Crippen molar-refractivity contribution in [2.24, 2.45) is 5.92 Å². The number of rotatable bonds is 6. The van der Waals surface area contributed by atoms with Gasteiger partial charge in [-0.1, -0.05) is 0 Å². The van der Waals surface area contributed by atoms with Gasteiger partial charge in [-0.2, -0.15) is 0 Å². The molecule has 0 aliphatic heterocycles. The molecule has 1 unspecified atom stereocenters. The molecule has 3 heteroatoms. The molecule has 0 radical (unpaired) electrons. The van der Waals surface area contributed by atoms with Gasteiger partial charge >= 0.3 is 0 Å². The van der Waals surface area contributed by atoms with Gasteiger partial charge in [-0.25, -0.2) is 0 Å². The molecule has 1 N–H and O–H groups in total. The lowest BCUT2D eigenvalue weighted by Gasteiger charge is -2.17. The Labute approximate surface area is 90.9 Å². The Kier molecular flexibility index (Phi) is 3.69. The first-order valence-electron chi connectivity index (χ1n) is 5.51. The molecule has 0 spiro atoms. The van der Waals surface area contributed by atoms with Crippen molar-refractivity contribution in [3.8, 4) is 0 Å². The first kappa shape index (κ1) is 10.6. The van der Waals surface area contributed by atoms with Gasteiger partial charge in [0, 0.05) is 32.1 Å². The monoisotopic (exact) mass is 206 g/mol. The van der Waals surface area contributed by atoms with Gasteiger partial charge in [0.2, 0.25) is 0 Å². The predicted octanol–water partition coefficient (Wildman–Crippen LogP) is 1.60. The maximum absolute atomic E-state index is 5.22. The fourth-order valence-corrected chi connectivity index (χ4v) is 1.79. The van der Waals surface area contributed by atoms with Crippen molar-refractivity contribution < 1.29 is 4.74 Å². The lowest BCUT2D eigenvalue weighted by Crippen LogP contribution is -2.34. The number of methoxy groups -OCH3 is 1. The van der Waals surface area contributed by atoms with E-state index >= 15 is 0 Å². The molecule has 3 nitrogen and oxygen atoms in total. The van der Waals surface area contributed by atoms with Crippen molar-refractivity contribution in [1.29, 1.82) is 0 Å². The van der Waals surface area contributed by atoms with Crippen LogP contribution in [0.15, 0.2) is 24.5 Å². The maximum atomic E-state index is 5.22. The standard InChI is InChI=1S/C12H18N2O/c1-15-9-12(11-2-3-11)14-8-10-4-6-13-7-5-10/h4-7,11-12,14H,2-3,8-9H2,1H3. The van der Waals surface area contributed by atoms with Gasteiger partial charge in [-0.15, -0.1) is 0 Å². The fraction of sp³-hybridized carbons (Fsp3) is 0.583. The molecule has 1 fully saturated rings. The lowest BCUT2D eigenvalue weighted by atomic mass is 10.2. The zero-order valence-electron chi connectivity index (χ0n) is 9.15. The average molecular weight is 206 g/mol. The van der Waals surface area contributed by atoms with Gasteiger partial charge in [0.15, 0.2) is 0 Å². The van der Waals surface area contributed by atoms with E-state index < -0.39 is 0 Å². The largest absolute Gasteiger partial charge is 0.383 e. The number of hydrogen-bond acceptors (Lipinski definition) is 3. The van der Waals surface area contributed by atoms with E-state index in [1.165, 1.54) is 18.4 Å². The predicted molar refractivity (Wildman–Crippen MR) is 59.5 cm³/mol. The molecule has 1 saturated carbocycles. The van der Waals surface area contributed by atoms with Crippen molar-refractivity contribution in [2.75, 3.05) is 13.7 Å². The second-order valence-corrected chi connectivity index (χ2v) is 4.14. The van der Waals surface area contributed by atoms with Crippen molar-refractivity contribution in [3.63, 3.8) is 0 Å². The smallest absolute Gasteiger partial charge is 0.0618 e. The van der Waals surface area contributed by atoms with E-state index in [1.807, 2.05) is 24.5 Å². The van der Waals surface area contributed by atoms with Crippen LogP contribution in [0, 0.1) is 5.92 Å². The fourth-order valence-electron chi connectivity index (χ4n) is 1.79. The van der Waals surface area contributed by atoms with Gasteiger partial charge in [0.25, 0.3) is 0 Å². The topological polar surface area (TPSA) is 34.1 Å². The second-order valence-electron chi connectivity index (χ2n) is 4.14. The van der Waals surface area contributed by atoms with Crippen LogP contribution in [0.25, 0.3) is 0 Å². The molecular formula is C12H18N2O. The van der Waals surface area contributed by atoms with E-state index in [-0.39, 0.29) is 0 Å². The summed E-state index contributed by atoms with van der Waals surface area (Å²) in [5.74, 6) is 0.826. The third kappa shape index (κ3) is 3.29. The molecule has 0 aromatic carbocycles. The van der Waals surface area contributed by atoms with Crippen molar-refractivity contribution in [3.05, 3.63) is 30.1 Å². The molecule has 1 aliphatic carbocycles. The molecular weight excluding hydrogens is 188 g/mol. The number of pyridine rings is 1. The maximum Gasteiger partial charge on any atom is 0.0618 e. The zero-order chi connectivity index (χ0) is 10.5. The van der Waals surface area contributed by atoms with Gasteiger partial charge in [0.1, 0.15) is 0 Å². The van der Waals surface area contributed by atoms with Crippen LogP contribution in [0.5, 0.6) is 0 Å². The Morgan fingerprint density at radius 3 is 2.80 bits per heavy atom. The first-order chi connectivity index (χ1) is 7.40. The number of hydrogen-bond donors (Lipinski definition) is 1. The van der Waals surface area contributed by atoms with E-state index in [9.17, 15) is 0 Å². The Hall–Kier alpha value is -0.930. The van der Waals surface area contributed by atoms with Crippen LogP contribution in [-0.4, -0.2) is 24.7 Å². The molecule has 2 rings (SSSR count). The molecule has 82 valence electrons. The molecule has 0 bridgehead atoms. The van der Waals surface area contributed by atoms with Crippen molar-refractivity contribution in [1.82, 2.24) is 10.3 Å². The van der Waals surface area contributed by atoms with Crippen LogP contribution in [0.2, 0.25) is 0 Å². The first-order valence-corrected chi connectivity index (χ1v) is 5.51. The zero-order valence-corrected chi connectivity index (χ0v) is 9.15. The number of ether oxygens (including phenoxy) is 1. The highest BCUT2D eigenvalue weighted by atomic mass is 16.5. The third-order valence-corrected chi connectivity index (χ3v) is 2.86. The van der Waals surface area contributed by atoms with Gasteiger partial charge in [-0.05, 0) is 36.5 Å². The Morgan fingerprint density at radius 2 is 2.20 bits per heavy atom. The summed E-state index contributed by atoms with van der Waals surface area (Å²) < 4.78 is 5.22. The summed E-state index contributed by atoms with van der Waals surface area (Å²) >= 11 is 0. The quantitative estimate of drug-likeness (QED) is 0.767. The molecule has 1 aromatic rings. The van der Waals surface area contributed by atoms with Gasteiger partial charge in [0.05, 0.1) is 6.61 Å². The van der Waals surface area contributed by atoms with Crippen LogP contribution in [-0.2, 0) is 11.3 Å². The van der Waals surface area contributed by atoms with Gasteiger partial charge < -0.3 is 10.1 Å². The van der Waals surface area contributed by atoms with Crippen LogP contribution >= 0.6 is 0 Å². The molecule has 1 aliphatic rings. The highest BCUT2D eigenvalue weighted by molar-refractivity contribution is 5.09. The number of nitrogens with zero attached hydrogens (tertiary/aromatic N) is 1. The lowest BCUT2D eigenvalue weighted by molar-refractivity contribution is 0.157. The summed E-state index contributed by atoms with van der Waals surface area (Å²) in [6, 6.07) is 4.61. The number of aromatic nitrogens is 1. The summed E-state index contributed by atoms with van der Waals surface area (Å²) in [7, 11) is 1.77. The minimum Gasteiger partial charge on any atom is -0.383 e. The summed E-state index contributed by atoms with van der Waals surface area (Å²) in [5, 5.41) is 3.55. The number of nitrogens with one attached hydrogen (secondary N) is 1. The van der Waals surface area contributed by atoms with E-state index in [4.69, 9.17) is 4.74 Å². The van der Waals surface area contributed by atoms with E-state index in [1.54, 1.807) is 7.11 Å². The molecule has 1 heterocycles. The summed E-state index contributed by atoms with van der Waals surface area (Å²) in [4.78, 5) is 4.00. The SMILES string of the molecule is COCC(NCc1ccncc1)C1CC1. The second kappa shape index (κ2) is 5.24. The normalized spacial score (nSPS) is 17.7. The summed E-state index contributed by atoms with van der Waals surface area (Å²) in [6.07, 6.45) is 6.35. The minimum absolute atomic E-state index is 0.517. The Morgan fingerprint density at radius 1 is 1.47 bits per heavy atom. The van der Waals surface area contributed by atoms with E-state index in [0.717, 1.165) is 19.1 Å². The molecule has 0 saturated heterocycles. The molecule has 1 aromatic heterocycles.